The Morgan fingerprint density at radius 2 is 1.81 bits per heavy atom. The third-order valence-electron chi connectivity index (χ3n) is 4.08. The maximum atomic E-state index is 8.65. The SMILES string of the molecule is Cc1ccccc1OCc1nnc(SCCCCC#N)n1-c1ccccc1. The summed E-state index contributed by atoms with van der Waals surface area (Å²) in [4.78, 5) is 0. The van der Waals surface area contributed by atoms with Crippen molar-refractivity contribution >= 4 is 11.8 Å². The van der Waals surface area contributed by atoms with Gasteiger partial charge in [-0.2, -0.15) is 5.26 Å². The van der Waals surface area contributed by atoms with Gasteiger partial charge < -0.3 is 4.74 Å². The topological polar surface area (TPSA) is 63.7 Å². The van der Waals surface area contributed by atoms with Crippen LogP contribution < -0.4 is 4.74 Å². The van der Waals surface area contributed by atoms with Crippen molar-refractivity contribution in [3.8, 4) is 17.5 Å². The number of unbranched alkanes of at least 4 members (excludes halogenated alkanes) is 2. The number of aryl methyl sites for hydroxylation is 1. The van der Waals surface area contributed by atoms with Crippen LogP contribution in [0.2, 0.25) is 0 Å². The van der Waals surface area contributed by atoms with Crippen LogP contribution in [0.15, 0.2) is 59.8 Å². The zero-order chi connectivity index (χ0) is 18.9. The summed E-state index contributed by atoms with van der Waals surface area (Å²) in [5.41, 5.74) is 2.11. The smallest absolute Gasteiger partial charge is 0.195 e. The molecule has 0 N–H and O–H groups in total. The normalized spacial score (nSPS) is 10.5. The third-order valence-corrected chi connectivity index (χ3v) is 5.09. The number of thioether (sulfide) groups is 1. The van der Waals surface area contributed by atoms with Gasteiger partial charge >= 0.3 is 0 Å². The largest absolute Gasteiger partial charge is 0.485 e. The molecule has 1 aromatic heterocycles. The van der Waals surface area contributed by atoms with E-state index >= 15 is 0 Å². The number of ether oxygens (including phenoxy) is 1. The van der Waals surface area contributed by atoms with Crippen molar-refractivity contribution in [1.82, 2.24) is 14.8 Å². The summed E-state index contributed by atoms with van der Waals surface area (Å²) >= 11 is 1.66. The monoisotopic (exact) mass is 378 g/mol. The molecule has 0 fully saturated rings. The molecule has 6 heteroatoms. The van der Waals surface area contributed by atoms with E-state index in [0.29, 0.717) is 13.0 Å². The van der Waals surface area contributed by atoms with Crippen molar-refractivity contribution in [2.45, 2.75) is 37.9 Å². The Kier molecular flexibility index (Phi) is 6.89. The minimum atomic E-state index is 0.349. The quantitative estimate of drug-likeness (QED) is 0.390. The molecule has 0 bridgehead atoms. The molecule has 3 rings (SSSR count). The molecule has 0 aliphatic heterocycles. The lowest BCUT2D eigenvalue weighted by Gasteiger charge is -2.12. The summed E-state index contributed by atoms with van der Waals surface area (Å²) in [5, 5.41) is 18.2. The number of aromatic nitrogens is 3. The number of nitrogens with zero attached hydrogens (tertiary/aromatic N) is 4. The minimum Gasteiger partial charge on any atom is -0.485 e. The highest BCUT2D eigenvalue weighted by molar-refractivity contribution is 7.99. The zero-order valence-corrected chi connectivity index (χ0v) is 16.2. The van der Waals surface area contributed by atoms with Crippen molar-refractivity contribution in [2.75, 3.05) is 5.75 Å². The lowest BCUT2D eigenvalue weighted by Crippen LogP contribution is -2.07. The molecule has 0 saturated carbocycles. The van der Waals surface area contributed by atoms with E-state index in [1.165, 1.54) is 0 Å². The van der Waals surface area contributed by atoms with Crippen LogP contribution in [0.5, 0.6) is 5.75 Å². The summed E-state index contributed by atoms with van der Waals surface area (Å²) in [5.74, 6) is 2.53. The first-order valence-electron chi connectivity index (χ1n) is 8.97. The molecule has 0 aliphatic rings. The van der Waals surface area contributed by atoms with Gasteiger partial charge in [-0.1, -0.05) is 48.2 Å². The molecule has 27 heavy (non-hydrogen) atoms. The van der Waals surface area contributed by atoms with Gasteiger partial charge in [0.05, 0.1) is 6.07 Å². The Labute approximate surface area is 164 Å². The average molecular weight is 379 g/mol. The van der Waals surface area contributed by atoms with Crippen molar-refractivity contribution in [3.63, 3.8) is 0 Å². The summed E-state index contributed by atoms with van der Waals surface area (Å²) in [6, 6.07) is 20.2. The molecule has 5 nitrogen and oxygen atoms in total. The summed E-state index contributed by atoms with van der Waals surface area (Å²) in [6.45, 7) is 2.38. The lowest BCUT2D eigenvalue weighted by atomic mass is 10.2. The molecule has 0 unspecified atom stereocenters. The Morgan fingerprint density at radius 1 is 1.04 bits per heavy atom. The molecule has 1 heterocycles. The molecular formula is C21H22N4OS. The van der Waals surface area contributed by atoms with E-state index in [-0.39, 0.29) is 0 Å². The first-order chi connectivity index (χ1) is 13.3. The summed E-state index contributed by atoms with van der Waals surface area (Å²) < 4.78 is 8.04. The number of para-hydroxylation sites is 2. The summed E-state index contributed by atoms with van der Waals surface area (Å²) in [6.07, 6.45) is 2.49. The molecule has 0 saturated heterocycles. The van der Waals surface area contributed by atoms with Gasteiger partial charge in [-0.15, -0.1) is 10.2 Å². The number of benzene rings is 2. The molecular weight excluding hydrogens is 356 g/mol. The van der Waals surface area contributed by atoms with E-state index in [4.69, 9.17) is 10.00 Å². The highest BCUT2D eigenvalue weighted by atomic mass is 32.2. The molecule has 0 radical (unpaired) electrons. The van der Waals surface area contributed by atoms with E-state index in [2.05, 4.69) is 16.3 Å². The van der Waals surface area contributed by atoms with Gasteiger partial charge in [0.15, 0.2) is 11.0 Å². The zero-order valence-electron chi connectivity index (χ0n) is 15.3. The predicted octanol–water partition coefficient (Wildman–Crippen LogP) is 4.94. The Hall–Kier alpha value is -2.78. The average Bonchev–Trinajstić information content (AvgIpc) is 3.10. The van der Waals surface area contributed by atoms with Crippen molar-refractivity contribution < 1.29 is 4.74 Å². The van der Waals surface area contributed by atoms with Crippen LogP contribution in [0.1, 0.15) is 30.7 Å². The highest BCUT2D eigenvalue weighted by Crippen LogP contribution is 2.24. The predicted molar refractivity (Wildman–Crippen MR) is 107 cm³/mol. The fourth-order valence-electron chi connectivity index (χ4n) is 2.65. The fourth-order valence-corrected chi connectivity index (χ4v) is 3.62. The molecule has 0 amide bonds. The molecule has 0 aliphatic carbocycles. The molecule has 0 spiro atoms. The van der Waals surface area contributed by atoms with Gasteiger partial charge in [-0.25, -0.2) is 0 Å². The van der Waals surface area contributed by atoms with E-state index in [1.807, 2.05) is 66.1 Å². The highest BCUT2D eigenvalue weighted by Gasteiger charge is 2.15. The van der Waals surface area contributed by atoms with Crippen LogP contribution in [0.4, 0.5) is 0 Å². The maximum Gasteiger partial charge on any atom is 0.195 e. The number of hydrogen-bond donors (Lipinski definition) is 0. The van der Waals surface area contributed by atoms with Gasteiger partial charge in [0.2, 0.25) is 0 Å². The fraction of sp³-hybridized carbons (Fsp3) is 0.286. The Morgan fingerprint density at radius 3 is 2.59 bits per heavy atom. The minimum absolute atomic E-state index is 0.349. The van der Waals surface area contributed by atoms with Crippen LogP contribution >= 0.6 is 11.8 Å². The first-order valence-corrected chi connectivity index (χ1v) is 9.96. The van der Waals surface area contributed by atoms with Gasteiger partial charge in [-0.05, 0) is 43.5 Å². The third kappa shape index (κ3) is 5.11. The second-order valence-electron chi connectivity index (χ2n) is 6.09. The number of nitriles is 1. The maximum absolute atomic E-state index is 8.65. The van der Waals surface area contributed by atoms with Gasteiger partial charge in [0.1, 0.15) is 12.4 Å². The van der Waals surface area contributed by atoms with E-state index in [0.717, 1.165) is 46.6 Å². The van der Waals surface area contributed by atoms with E-state index in [9.17, 15) is 0 Å². The van der Waals surface area contributed by atoms with Crippen molar-refractivity contribution in [2.24, 2.45) is 0 Å². The number of hydrogen-bond acceptors (Lipinski definition) is 5. The van der Waals surface area contributed by atoms with Crippen LogP contribution in [-0.4, -0.2) is 20.5 Å². The van der Waals surface area contributed by atoms with Crippen LogP contribution in [-0.2, 0) is 6.61 Å². The van der Waals surface area contributed by atoms with Crippen LogP contribution in [0, 0.1) is 18.3 Å². The molecule has 138 valence electrons. The van der Waals surface area contributed by atoms with Gasteiger partial charge in [-0.3, -0.25) is 4.57 Å². The van der Waals surface area contributed by atoms with Crippen molar-refractivity contribution in [1.29, 1.82) is 5.26 Å². The first kappa shape index (κ1) is 19.0. The second-order valence-corrected chi connectivity index (χ2v) is 7.15. The Bertz CT molecular complexity index is 902. The van der Waals surface area contributed by atoms with E-state index in [1.54, 1.807) is 11.8 Å². The van der Waals surface area contributed by atoms with Crippen LogP contribution in [0.3, 0.4) is 0 Å². The number of rotatable bonds is 9. The van der Waals surface area contributed by atoms with Gasteiger partial charge in [0, 0.05) is 17.9 Å². The van der Waals surface area contributed by atoms with Gasteiger partial charge in [0.25, 0.3) is 0 Å². The Balaban J connectivity index is 1.77. The van der Waals surface area contributed by atoms with E-state index < -0.39 is 0 Å². The van der Waals surface area contributed by atoms with Crippen molar-refractivity contribution in [3.05, 3.63) is 66.0 Å². The standard InChI is InChI=1S/C21H22N4OS/c1-17-10-6-7-13-19(17)26-16-20-23-24-21(27-15-9-3-8-14-22)25(20)18-11-4-2-5-12-18/h2,4-7,10-13H,3,8-9,15-16H2,1H3. The molecule has 2 aromatic carbocycles. The molecule has 0 atom stereocenters. The second kappa shape index (κ2) is 9.79. The van der Waals surface area contributed by atoms with Crippen LogP contribution in [0.25, 0.3) is 5.69 Å². The lowest BCUT2D eigenvalue weighted by molar-refractivity contribution is 0.291. The molecule has 3 aromatic rings. The summed E-state index contributed by atoms with van der Waals surface area (Å²) in [7, 11) is 0.